The van der Waals surface area contributed by atoms with Gasteiger partial charge in [0, 0.05) is 4.47 Å². The first-order valence-electron chi connectivity index (χ1n) is 4.72. The first-order chi connectivity index (χ1) is 7.07. The Kier molecular flexibility index (Phi) is 2.98. The van der Waals surface area contributed by atoms with Crippen LogP contribution in [0.2, 0.25) is 0 Å². The molecule has 0 aromatic heterocycles. The van der Waals surface area contributed by atoms with Crippen molar-refractivity contribution in [2.75, 3.05) is 11.5 Å². The number of allylic oxidation sites excluding steroid dienone is 1. The van der Waals surface area contributed by atoms with Gasteiger partial charge in [0.2, 0.25) is 0 Å². The minimum absolute atomic E-state index is 0.175. The molecule has 0 aliphatic carbocycles. The molecule has 0 saturated carbocycles. The number of benzene rings is 1. The Bertz CT molecular complexity index is 503. The van der Waals surface area contributed by atoms with E-state index in [-0.39, 0.29) is 11.5 Å². The van der Waals surface area contributed by atoms with E-state index in [1.54, 1.807) is 0 Å². The molecule has 1 aromatic carbocycles. The zero-order valence-electron chi connectivity index (χ0n) is 8.11. The van der Waals surface area contributed by atoms with Crippen molar-refractivity contribution in [1.29, 1.82) is 0 Å². The van der Waals surface area contributed by atoms with Crippen LogP contribution in [-0.2, 0) is 9.84 Å². The molecule has 0 radical (unpaired) electrons. The second kappa shape index (κ2) is 4.10. The second-order valence-electron chi connectivity index (χ2n) is 3.60. The van der Waals surface area contributed by atoms with Gasteiger partial charge < -0.3 is 0 Å². The number of halogens is 1. The zero-order valence-corrected chi connectivity index (χ0v) is 10.5. The van der Waals surface area contributed by atoms with Crippen molar-refractivity contribution in [3.63, 3.8) is 0 Å². The predicted octanol–water partition coefficient (Wildman–Crippen LogP) is 2.65. The van der Waals surface area contributed by atoms with E-state index < -0.39 is 9.84 Å². The van der Waals surface area contributed by atoms with Crippen LogP contribution in [0.25, 0.3) is 5.57 Å². The highest BCUT2D eigenvalue weighted by atomic mass is 79.9. The topological polar surface area (TPSA) is 34.1 Å². The van der Waals surface area contributed by atoms with Crippen molar-refractivity contribution in [3.05, 3.63) is 40.4 Å². The molecular weight excluding hydrogens is 276 g/mol. The SMILES string of the molecule is O=S1(=O)CC=C(c2cccc(Br)c2)CC1. The van der Waals surface area contributed by atoms with Crippen LogP contribution in [0.3, 0.4) is 0 Å². The van der Waals surface area contributed by atoms with Gasteiger partial charge in [-0.2, -0.15) is 0 Å². The van der Waals surface area contributed by atoms with Crippen LogP contribution >= 0.6 is 15.9 Å². The van der Waals surface area contributed by atoms with E-state index in [9.17, 15) is 8.42 Å². The maximum absolute atomic E-state index is 11.2. The molecule has 0 N–H and O–H groups in total. The summed E-state index contributed by atoms with van der Waals surface area (Å²) in [6, 6.07) is 7.95. The highest BCUT2D eigenvalue weighted by Crippen LogP contribution is 2.25. The molecule has 0 amide bonds. The molecule has 15 heavy (non-hydrogen) atoms. The summed E-state index contributed by atoms with van der Waals surface area (Å²) in [5, 5.41) is 0. The zero-order chi connectivity index (χ0) is 10.9. The molecule has 0 unspecified atom stereocenters. The summed E-state index contributed by atoms with van der Waals surface area (Å²) in [6.07, 6.45) is 2.44. The summed E-state index contributed by atoms with van der Waals surface area (Å²) < 4.78 is 23.5. The number of hydrogen-bond acceptors (Lipinski definition) is 2. The van der Waals surface area contributed by atoms with E-state index in [2.05, 4.69) is 15.9 Å². The first kappa shape index (κ1) is 10.9. The van der Waals surface area contributed by atoms with Crippen molar-refractivity contribution >= 4 is 31.3 Å². The van der Waals surface area contributed by atoms with Crippen LogP contribution in [0, 0.1) is 0 Å². The minimum Gasteiger partial charge on any atom is -0.229 e. The van der Waals surface area contributed by atoms with Crippen molar-refractivity contribution in [2.45, 2.75) is 6.42 Å². The van der Waals surface area contributed by atoms with Gasteiger partial charge in [-0.1, -0.05) is 34.1 Å². The molecule has 2 nitrogen and oxygen atoms in total. The lowest BCUT2D eigenvalue weighted by molar-refractivity contribution is 0.598. The van der Waals surface area contributed by atoms with Gasteiger partial charge in [-0.05, 0) is 29.7 Å². The summed E-state index contributed by atoms with van der Waals surface area (Å²) in [5.41, 5.74) is 2.24. The Morgan fingerprint density at radius 1 is 1.27 bits per heavy atom. The van der Waals surface area contributed by atoms with E-state index >= 15 is 0 Å². The van der Waals surface area contributed by atoms with E-state index in [0.717, 1.165) is 15.6 Å². The molecule has 2 rings (SSSR count). The first-order valence-corrected chi connectivity index (χ1v) is 7.34. The van der Waals surface area contributed by atoms with E-state index in [1.807, 2.05) is 30.3 Å². The van der Waals surface area contributed by atoms with Gasteiger partial charge in [-0.25, -0.2) is 8.42 Å². The lowest BCUT2D eigenvalue weighted by atomic mass is 10.0. The van der Waals surface area contributed by atoms with Crippen LogP contribution < -0.4 is 0 Å². The van der Waals surface area contributed by atoms with Gasteiger partial charge in [0.25, 0.3) is 0 Å². The maximum atomic E-state index is 11.2. The van der Waals surface area contributed by atoms with Crippen LogP contribution in [-0.4, -0.2) is 19.9 Å². The Labute approximate surface area is 98.1 Å². The van der Waals surface area contributed by atoms with E-state index in [4.69, 9.17) is 0 Å². The Hall–Kier alpha value is -0.610. The largest absolute Gasteiger partial charge is 0.229 e. The Balaban J connectivity index is 2.31. The van der Waals surface area contributed by atoms with Crippen molar-refractivity contribution < 1.29 is 8.42 Å². The molecule has 0 saturated heterocycles. The normalized spacial score (nSPS) is 19.7. The molecule has 0 spiro atoms. The molecule has 1 aliphatic heterocycles. The average molecular weight is 287 g/mol. The van der Waals surface area contributed by atoms with Crippen molar-refractivity contribution in [1.82, 2.24) is 0 Å². The molecule has 1 aromatic rings. The molecule has 80 valence electrons. The van der Waals surface area contributed by atoms with E-state index in [1.165, 1.54) is 0 Å². The monoisotopic (exact) mass is 286 g/mol. The molecule has 0 atom stereocenters. The highest BCUT2D eigenvalue weighted by Gasteiger charge is 2.17. The Morgan fingerprint density at radius 2 is 2.07 bits per heavy atom. The minimum atomic E-state index is -2.82. The van der Waals surface area contributed by atoms with Gasteiger partial charge >= 0.3 is 0 Å². The fourth-order valence-corrected chi connectivity index (χ4v) is 3.18. The average Bonchev–Trinajstić information content (AvgIpc) is 2.17. The fourth-order valence-electron chi connectivity index (χ4n) is 1.63. The van der Waals surface area contributed by atoms with Gasteiger partial charge in [0.15, 0.2) is 9.84 Å². The molecule has 1 aliphatic rings. The number of rotatable bonds is 1. The van der Waals surface area contributed by atoms with Crippen LogP contribution in [0.15, 0.2) is 34.8 Å². The fraction of sp³-hybridized carbons (Fsp3) is 0.273. The molecule has 0 fully saturated rings. The molecule has 0 bridgehead atoms. The number of hydrogen-bond donors (Lipinski definition) is 0. The van der Waals surface area contributed by atoms with Crippen LogP contribution in [0.5, 0.6) is 0 Å². The third-order valence-electron chi connectivity index (χ3n) is 2.46. The van der Waals surface area contributed by atoms with Crippen molar-refractivity contribution in [2.24, 2.45) is 0 Å². The molecular formula is C11H11BrO2S. The summed E-state index contributed by atoms with van der Waals surface area (Å²) in [7, 11) is -2.82. The van der Waals surface area contributed by atoms with Crippen LogP contribution in [0.4, 0.5) is 0 Å². The van der Waals surface area contributed by atoms with Gasteiger partial charge in [0.05, 0.1) is 11.5 Å². The highest BCUT2D eigenvalue weighted by molar-refractivity contribution is 9.10. The van der Waals surface area contributed by atoms with Gasteiger partial charge in [-0.15, -0.1) is 0 Å². The smallest absolute Gasteiger partial charge is 0.154 e. The lowest BCUT2D eigenvalue weighted by Gasteiger charge is -2.13. The third kappa shape index (κ3) is 2.69. The van der Waals surface area contributed by atoms with Crippen molar-refractivity contribution in [3.8, 4) is 0 Å². The Morgan fingerprint density at radius 3 is 2.67 bits per heavy atom. The van der Waals surface area contributed by atoms with E-state index in [0.29, 0.717) is 6.42 Å². The standard InChI is InChI=1S/C11H11BrO2S/c12-11-3-1-2-10(8-11)9-4-6-15(13,14)7-5-9/h1-4,8H,5-7H2. The predicted molar refractivity (Wildman–Crippen MR) is 65.4 cm³/mol. The molecule has 1 heterocycles. The van der Waals surface area contributed by atoms with Gasteiger partial charge in [0.1, 0.15) is 0 Å². The summed E-state index contributed by atoms with van der Waals surface area (Å²) >= 11 is 3.41. The third-order valence-corrected chi connectivity index (χ3v) is 4.46. The summed E-state index contributed by atoms with van der Waals surface area (Å²) in [5.74, 6) is 0.445. The van der Waals surface area contributed by atoms with Gasteiger partial charge in [-0.3, -0.25) is 0 Å². The van der Waals surface area contributed by atoms with Crippen LogP contribution in [0.1, 0.15) is 12.0 Å². The lowest BCUT2D eigenvalue weighted by Crippen LogP contribution is -2.14. The maximum Gasteiger partial charge on any atom is 0.154 e. The quantitative estimate of drug-likeness (QED) is 0.795. The second-order valence-corrected chi connectivity index (χ2v) is 6.75. The molecule has 4 heteroatoms. The number of sulfone groups is 1. The summed E-state index contributed by atoms with van der Waals surface area (Å²) in [4.78, 5) is 0. The summed E-state index contributed by atoms with van der Waals surface area (Å²) in [6.45, 7) is 0.